The molecule has 1 N–H and O–H groups in total. The van der Waals surface area contributed by atoms with Gasteiger partial charge in [-0.25, -0.2) is 8.42 Å². The predicted molar refractivity (Wildman–Crippen MR) is 73.8 cm³/mol. The molecule has 6 heteroatoms. The SMILES string of the molecule is Cc1cc(CC(=O)NC2CCS(=O)(=O)C2)c(C)n1C. The van der Waals surface area contributed by atoms with E-state index in [1.807, 2.05) is 31.5 Å². The van der Waals surface area contributed by atoms with E-state index in [9.17, 15) is 13.2 Å². The second kappa shape index (κ2) is 5.00. The molecule has 0 spiro atoms. The van der Waals surface area contributed by atoms with E-state index in [4.69, 9.17) is 0 Å². The summed E-state index contributed by atoms with van der Waals surface area (Å²) in [6, 6.07) is 1.78. The minimum absolute atomic E-state index is 0.0749. The molecule has 1 unspecified atom stereocenters. The van der Waals surface area contributed by atoms with Crippen LogP contribution in [0.5, 0.6) is 0 Å². The first-order valence-corrected chi connectivity index (χ1v) is 8.22. The molecule has 2 heterocycles. The second-order valence-corrected chi connectivity index (χ2v) is 7.53. The van der Waals surface area contributed by atoms with E-state index in [1.54, 1.807) is 0 Å². The number of aryl methyl sites for hydroxylation is 1. The quantitative estimate of drug-likeness (QED) is 0.878. The summed E-state index contributed by atoms with van der Waals surface area (Å²) < 4.78 is 24.7. The van der Waals surface area contributed by atoms with Crippen LogP contribution in [0.2, 0.25) is 0 Å². The fraction of sp³-hybridized carbons (Fsp3) is 0.615. The average Bonchev–Trinajstić information content (AvgIpc) is 2.75. The summed E-state index contributed by atoms with van der Waals surface area (Å²) in [5.41, 5.74) is 3.19. The number of carbonyl (C=O) groups excluding carboxylic acids is 1. The number of hydrogen-bond donors (Lipinski definition) is 1. The lowest BCUT2D eigenvalue weighted by Gasteiger charge is -2.10. The summed E-state index contributed by atoms with van der Waals surface area (Å²) in [5.74, 6) is 0.156. The Balaban J connectivity index is 1.97. The minimum Gasteiger partial charge on any atom is -0.352 e. The molecule has 0 aliphatic carbocycles. The molecule has 1 aliphatic rings. The van der Waals surface area contributed by atoms with Gasteiger partial charge in [-0.1, -0.05) is 0 Å². The lowest BCUT2D eigenvalue weighted by atomic mass is 10.1. The number of hydrogen-bond acceptors (Lipinski definition) is 3. The maximum atomic E-state index is 11.9. The third kappa shape index (κ3) is 3.18. The molecule has 1 aliphatic heterocycles. The summed E-state index contributed by atoms with van der Waals surface area (Å²) in [6.45, 7) is 3.98. The largest absolute Gasteiger partial charge is 0.352 e. The Kier molecular flexibility index (Phi) is 3.71. The van der Waals surface area contributed by atoms with Crippen molar-refractivity contribution < 1.29 is 13.2 Å². The van der Waals surface area contributed by atoms with Gasteiger partial charge >= 0.3 is 0 Å². The number of carbonyl (C=O) groups is 1. The van der Waals surface area contributed by atoms with Gasteiger partial charge in [0, 0.05) is 24.5 Å². The van der Waals surface area contributed by atoms with Crippen LogP contribution in [0.3, 0.4) is 0 Å². The number of aromatic nitrogens is 1. The van der Waals surface area contributed by atoms with Crippen LogP contribution in [0.25, 0.3) is 0 Å². The van der Waals surface area contributed by atoms with Crippen molar-refractivity contribution in [3.8, 4) is 0 Å². The first kappa shape index (κ1) is 14.1. The summed E-state index contributed by atoms with van der Waals surface area (Å²) in [4.78, 5) is 11.9. The van der Waals surface area contributed by atoms with Crippen LogP contribution in [0.15, 0.2) is 6.07 Å². The Labute approximate surface area is 113 Å². The zero-order valence-electron chi connectivity index (χ0n) is 11.6. The van der Waals surface area contributed by atoms with Crippen molar-refractivity contribution in [3.63, 3.8) is 0 Å². The number of nitrogens with one attached hydrogen (secondary N) is 1. The summed E-state index contributed by atoms with van der Waals surface area (Å²) in [7, 11) is -0.976. The molecular weight excluding hydrogens is 264 g/mol. The van der Waals surface area contributed by atoms with E-state index < -0.39 is 9.84 Å². The van der Waals surface area contributed by atoms with E-state index >= 15 is 0 Å². The van der Waals surface area contributed by atoms with Crippen molar-refractivity contribution in [2.75, 3.05) is 11.5 Å². The van der Waals surface area contributed by atoms with Gasteiger partial charge in [0.2, 0.25) is 5.91 Å². The molecule has 1 aromatic heterocycles. The highest BCUT2D eigenvalue weighted by Crippen LogP contribution is 2.15. The predicted octanol–water partition coefficient (Wildman–Crippen LogP) is 0.488. The molecule has 19 heavy (non-hydrogen) atoms. The fourth-order valence-electron chi connectivity index (χ4n) is 2.47. The third-order valence-electron chi connectivity index (χ3n) is 3.83. The van der Waals surface area contributed by atoms with E-state index in [2.05, 4.69) is 5.32 Å². The first-order chi connectivity index (χ1) is 8.78. The van der Waals surface area contributed by atoms with E-state index in [1.165, 1.54) is 0 Å². The molecule has 5 nitrogen and oxygen atoms in total. The summed E-state index contributed by atoms with van der Waals surface area (Å²) in [6.07, 6.45) is 0.838. The number of rotatable bonds is 3. The number of amides is 1. The zero-order chi connectivity index (χ0) is 14.2. The first-order valence-electron chi connectivity index (χ1n) is 6.40. The fourth-order valence-corrected chi connectivity index (χ4v) is 4.15. The number of sulfone groups is 1. The highest BCUT2D eigenvalue weighted by Gasteiger charge is 2.28. The van der Waals surface area contributed by atoms with Gasteiger partial charge in [0.15, 0.2) is 9.84 Å². The highest BCUT2D eigenvalue weighted by molar-refractivity contribution is 7.91. The van der Waals surface area contributed by atoms with Crippen LogP contribution < -0.4 is 5.32 Å². The monoisotopic (exact) mass is 284 g/mol. The van der Waals surface area contributed by atoms with Crippen molar-refractivity contribution >= 4 is 15.7 Å². The maximum absolute atomic E-state index is 11.9. The van der Waals surface area contributed by atoms with Gasteiger partial charge in [-0.15, -0.1) is 0 Å². The third-order valence-corrected chi connectivity index (χ3v) is 5.60. The van der Waals surface area contributed by atoms with Crippen LogP contribution in [-0.2, 0) is 28.1 Å². The van der Waals surface area contributed by atoms with Gasteiger partial charge in [0.05, 0.1) is 17.9 Å². The molecular formula is C13H20N2O3S. The van der Waals surface area contributed by atoms with Crippen LogP contribution in [0, 0.1) is 13.8 Å². The normalized spacial score (nSPS) is 21.5. The van der Waals surface area contributed by atoms with Crippen molar-refractivity contribution in [1.82, 2.24) is 9.88 Å². The Morgan fingerprint density at radius 3 is 2.63 bits per heavy atom. The molecule has 0 radical (unpaired) electrons. The van der Waals surface area contributed by atoms with Gasteiger partial charge < -0.3 is 9.88 Å². The number of nitrogens with zero attached hydrogens (tertiary/aromatic N) is 1. The molecule has 1 saturated heterocycles. The Hall–Kier alpha value is -1.30. The van der Waals surface area contributed by atoms with Crippen molar-refractivity contribution in [2.24, 2.45) is 7.05 Å². The van der Waals surface area contributed by atoms with E-state index in [0.717, 1.165) is 17.0 Å². The smallest absolute Gasteiger partial charge is 0.224 e. The Morgan fingerprint density at radius 2 is 2.16 bits per heavy atom. The minimum atomic E-state index is -2.94. The molecule has 1 atom stereocenters. The molecule has 1 fully saturated rings. The van der Waals surface area contributed by atoms with Crippen molar-refractivity contribution in [3.05, 3.63) is 23.0 Å². The van der Waals surface area contributed by atoms with E-state index in [-0.39, 0.29) is 23.5 Å². The van der Waals surface area contributed by atoms with Crippen LogP contribution >= 0.6 is 0 Å². The van der Waals surface area contributed by atoms with Crippen LogP contribution in [0.1, 0.15) is 23.4 Å². The van der Waals surface area contributed by atoms with Gasteiger partial charge in [0.25, 0.3) is 0 Å². The molecule has 0 saturated carbocycles. The van der Waals surface area contributed by atoms with Gasteiger partial charge in [-0.05, 0) is 31.9 Å². The van der Waals surface area contributed by atoms with Crippen molar-refractivity contribution in [1.29, 1.82) is 0 Å². The topological polar surface area (TPSA) is 68.2 Å². The Morgan fingerprint density at radius 1 is 1.47 bits per heavy atom. The Bertz CT molecular complexity index is 602. The lowest BCUT2D eigenvalue weighted by Crippen LogP contribution is -2.36. The standard InChI is InChI=1S/C13H20N2O3S/c1-9-6-11(10(2)15(9)3)7-13(16)14-12-4-5-19(17,18)8-12/h6,12H,4-5,7-8H2,1-3H3,(H,14,16). The summed E-state index contributed by atoms with van der Waals surface area (Å²) >= 11 is 0. The van der Waals surface area contributed by atoms with Gasteiger partial charge in [0.1, 0.15) is 0 Å². The maximum Gasteiger partial charge on any atom is 0.224 e. The molecule has 0 aromatic carbocycles. The lowest BCUT2D eigenvalue weighted by molar-refractivity contribution is -0.121. The van der Waals surface area contributed by atoms with Crippen molar-refractivity contribution in [2.45, 2.75) is 32.7 Å². The zero-order valence-corrected chi connectivity index (χ0v) is 12.4. The summed E-state index contributed by atoms with van der Waals surface area (Å²) in [5, 5.41) is 2.81. The highest BCUT2D eigenvalue weighted by atomic mass is 32.2. The van der Waals surface area contributed by atoms with Gasteiger partial charge in [-0.2, -0.15) is 0 Å². The molecule has 106 valence electrons. The molecule has 1 amide bonds. The second-order valence-electron chi connectivity index (χ2n) is 5.30. The molecule has 2 rings (SSSR count). The van der Waals surface area contributed by atoms with Crippen LogP contribution in [0.4, 0.5) is 0 Å². The van der Waals surface area contributed by atoms with E-state index in [0.29, 0.717) is 12.8 Å². The molecule has 1 aromatic rings. The van der Waals surface area contributed by atoms with Gasteiger partial charge in [-0.3, -0.25) is 4.79 Å². The average molecular weight is 284 g/mol. The van der Waals surface area contributed by atoms with Crippen LogP contribution in [-0.4, -0.2) is 36.4 Å². The molecule has 0 bridgehead atoms.